The number of likely N-dealkylation sites (tertiary alicyclic amines) is 1. The van der Waals surface area contributed by atoms with Crippen LogP contribution in [0.15, 0.2) is 53.3 Å². The summed E-state index contributed by atoms with van der Waals surface area (Å²) in [5.41, 5.74) is -5.83. The predicted octanol–water partition coefficient (Wildman–Crippen LogP) is 3.98. The van der Waals surface area contributed by atoms with Gasteiger partial charge in [0.1, 0.15) is 5.60 Å². The second-order valence-electron chi connectivity index (χ2n) is 9.66. The van der Waals surface area contributed by atoms with E-state index in [0.717, 1.165) is 12.8 Å². The molecule has 1 aliphatic rings. The van der Waals surface area contributed by atoms with Gasteiger partial charge in [-0.1, -0.05) is 36.8 Å². The molecule has 2 heterocycles. The number of nitrogens with one attached hydrogen (secondary N) is 1. The first-order chi connectivity index (χ1) is 18.9. The number of nitrogens with zero attached hydrogens (tertiary/aromatic N) is 3. The summed E-state index contributed by atoms with van der Waals surface area (Å²) in [6.07, 6.45) is -8.16. The Morgan fingerprint density at radius 1 is 0.925 bits per heavy atom. The number of benzene rings is 2. The molecule has 3 N–H and O–H groups in total. The lowest BCUT2D eigenvalue weighted by Crippen LogP contribution is -2.48. The summed E-state index contributed by atoms with van der Waals surface area (Å²) >= 11 is 0. The number of aromatic nitrogens is 3. The number of halogens is 6. The third kappa shape index (κ3) is 6.57. The maximum absolute atomic E-state index is 13.4. The monoisotopic (exact) mass is 574 g/mol. The Hall–Kier alpha value is -3.20. The van der Waals surface area contributed by atoms with E-state index in [4.69, 9.17) is 4.74 Å². The highest BCUT2D eigenvalue weighted by molar-refractivity contribution is 5.53. The molecular formula is C26H28F6N4O4. The quantitative estimate of drug-likeness (QED) is 0.334. The maximum atomic E-state index is 13.4. The zero-order valence-corrected chi connectivity index (χ0v) is 21.2. The summed E-state index contributed by atoms with van der Waals surface area (Å²) in [5, 5.41) is 24.5. The van der Waals surface area contributed by atoms with E-state index in [-0.39, 0.29) is 19.3 Å². The second-order valence-corrected chi connectivity index (χ2v) is 9.66. The van der Waals surface area contributed by atoms with Crippen LogP contribution in [0.25, 0.3) is 11.4 Å². The average molecular weight is 575 g/mol. The lowest BCUT2D eigenvalue weighted by molar-refractivity contribution is -0.146. The van der Waals surface area contributed by atoms with Crippen LogP contribution in [0.2, 0.25) is 0 Å². The molecule has 1 unspecified atom stereocenters. The predicted molar refractivity (Wildman–Crippen MR) is 131 cm³/mol. The van der Waals surface area contributed by atoms with Gasteiger partial charge in [0.25, 0.3) is 0 Å². The van der Waals surface area contributed by atoms with Gasteiger partial charge in [-0.3, -0.25) is 9.88 Å². The Balaban J connectivity index is 1.58. The van der Waals surface area contributed by atoms with E-state index in [1.807, 2.05) is 11.0 Å². The van der Waals surface area contributed by atoms with Crippen LogP contribution in [-0.4, -0.2) is 62.3 Å². The van der Waals surface area contributed by atoms with Gasteiger partial charge in [0.05, 0.1) is 37.6 Å². The van der Waals surface area contributed by atoms with E-state index < -0.39 is 59.6 Å². The average Bonchev–Trinajstić information content (AvgIpc) is 3.29. The van der Waals surface area contributed by atoms with Crippen LogP contribution in [0.5, 0.6) is 0 Å². The molecule has 8 nitrogen and oxygen atoms in total. The highest BCUT2D eigenvalue weighted by atomic mass is 19.4. The fraction of sp³-hybridized carbons (Fsp3) is 0.462. The number of aliphatic hydroxyl groups excluding tert-OH is 2. The molecule has 1 fully saturated rings. The van der Waals surface area contributed by atoms with E-state index in [1.54, 1.807) is 24.3 Å². The van der Waals surface area contributed by atoms with Gasteiger partial charge in [-0.25, -0.2) is 4.79 Å². The number of aromatic amines is 1. The van der Waals surface area contributed by atoms with Gasteiger partial charge in [-0.2, -0.15) is 31.0 Å². The molecule has 1 saturated heterocycles. The lowest BCUT2D eigenvalue weighted by atomic mass is 9.91. The molecule has 3 aromatic rings. The zero-order chi connectivity index (χ0) is 29.1. The molecule has 4 rings (SSSR count). The van der Waals surface area contributed by atoms with Gasteiger partial charge in [0.2, 0.25) is 0 Å². The summed E-state index contributed by atoms with van der Waals surface area (Å²) in [4.78, 5) is 17.1. The van der Waals surface area contributed by atoms with Gasteiger partial charge in [-0.05, 0) is 36.6 Å². The second kappa shape index (κ2) is 11.7. The number of H-pyrrole nitrogens is 1. The largest absolute Gasteiger partial charge is 0.416 e. The van der Waals surface area contributed by atoms with Crippen molar-refractivity contribution in [1.29, 1.82) is 0 Å². The molecule has 1 aromatic heterocycles. The molecule has 0 spiro atoms. The number of aliphatic hydroxyl groups is 2. The standard InChI is InChI=1S/C26H28F6N4O4/c27-25(28,29)19-10-18(11-20(12-19)26(30,31)32)24(14-37,15-38)40-13-21-8-4-5-9-35(21)16-36-23(39)33-22(34-36)17-6-2-1-3-7-17/h1-3,6-7,10-12,21,37-38H,4-5,8-9,13-16H2,(H,33,34,39). The van der Waals surface area contributed by atoms with Crippen molar-refractivity contribution in [3.63, 3.8) is 0 Å². The normalized spacial score (nSPS) is 17.4. The van der Waals surface area contributed by atoms with Crippen LogP contribution in [-0.2, 0) is 29.4 Å². The van der Waals surface area contributed by atoms with E-state index in [1.165, 1.54) is 4.68 Å². The molecule has 1 aliphatic heterocycles. The fourth-order valence-corrected chi connectivity index (χ4v) is 4.67. The first-order valence-corrected chi connectivity index (χ1v) is 12.5. The van der Waals surface area contributed by atoms with Crippen LogP contribution in [0, 0.1) is 0 Å². The minimum Gasteiger partial charge on any atom is -0.393 e. The molecule has 14 heteroatoms. The number of piperidine rings is 1. The first-order valence-electron chi connectivity index (χ1n) is 12.5. The van der Waals surface area contributed by atoms with Gasteiger partial charge >= 0.3 is 18.0 Å². The maximum Gasteiger partial charge on any atom is 0.416 e. The minimum absolute atomic E-state index is 0.0306. The van der Waals surface area contributed by atoms with E-state index in [2.05, 4.69) is 10.1 Å². The van der Waals surface area contributed by atoms with Crippen LogP contribution < -0.4 is 5.69 Å². The Morgan fingerprint density at radius 3 is 2.10 bits per heavy atom. The smallest absolute Gasteiger partial charge is 0.393 e. The summed E-state index contributed by atoms with van der Waals surface area (Å²) < 4.78 is 87.6. The molecule has 0 radical (unpaired) electrons. The van der Waals surface area contributed by atoms with Gasteiger partial charge in [0, 0.05) is 18.2 Å². The lowest BCUT2D eigenvalue weighted by Gasteiger charge is -2.38. The fourth-order valence-electron chi connectivity index (χ4n) is 4.67. The number of hydrogen-bond donors (Lipinski definition) is 3. The summed E-state index contributed by atoms with van der Waals surface area (Å²) in [6, 6.07) is 9.38. The SMILES string of the molecule is O=c1[nH]c(-c2ccccc2)nn1CN1CCCCC1COC(CO)(CO)c1cc(C(F)(F)F)cc(C(F)(F)F)c1. The number of ether oxygens (including phenoxy) is 1. The third-order valence-corrected chi connectivity index (χ3v) is 6.97. The number of alkyl halides is 6. The first kappa shape index (κ1) is 29.8. The molecule has 1 atom stereocenters. The van der Waals surface area contributed by atoms with Crippen molar-refractivity contribution in [3.05, 3.63) is 75.7 Å². The van der Waals surface area contributed by atoms with Crippen molar-refractivity contribution in [2.24, 2.45) is 0 Å². The van der Waals surface area contributed by atoms with Crippen molar-refractivity contribution >= 4 is 0 Å². The molecular weight excluding hydrogens is 546 g/mol. The van der Waals surface area contributed by atoms with E-state index in [0.29, 0.717) is 36.5 Å². The molecule has 0 amide bonds. The van der Waals surface area contributed by atoms with Crippen LogP contribution >= 0.6 is 0 Å². The zero-order valence-electron chi connectivity index (χ0n) is 21.2. The number of hydrogen-bond acceptors (Lipinski definition) is 6. The molecule has 0 aliphatic carbocycles. The highest BCUT2D eigenvalue weighted by Crippen LogP contribution is 2.39. The van der Waals surface area contributed by atoms with Crippen molar-refractivity contribution in [2.45, 2.75) is 49.9 Å². The topological polar surface area (TPSA) is 104 Å². The molecule has 0 saturated carbocycles. The van der Waals surface area contributed by atoms with Crippen LogP contribution in [0.1, 0.15) is 36.0 Å². The Bertz CT molecular complexity index is 1300. The number of rotatable bonds is 9. The minimum atomic E-state index is -5.11. The summed E-state index contributed by atoms with van der Waals surface area (Å²) in [7, 11) is 0. The van der Waals surface area contributed by atoms with Crippen molar-refractivity contribution in [3.8, 4) is 11.4 Å². The van der Waals surface area contributed by atoms with Crippen LogP contribution in [0.3, 0.4) is 0 Å². The Labute approximate surface area is 224 Å². The summed E-state index contributed by atoms with van der Waals surface area (Å²) in [6.45, 7) is -1.84. The van der Waals surface area contributed by atoms with Crippen molar-refractivity contribution in [2.75, 3.05) is 26.4 Å². The molecule has 2 aromatic carbocycles. The molecule has 40 heavy (non-hydrogen) atoms. The van der Waals surface area contributed by atoms with Gasteiger partial charge in [-0.15, -0.1) is 5.10 Å². The molecule has 0 bridgehead atoms. The Morgan fingerprint density at radius 2 is 1.52 bits per heavy atom. The highest BCUT2D eigenvalue weighted by Gasteiger charge is 2.41. The Kier molecular flexibility index (Phi) is 8.73. The van der Waals surface area contributed by atoms with Crippen molar-refractivity contribution in [1.82, 2.24) is 19.7 Å². The molecule has 218 valence electrons. The summed E-state index contributed by atoms with van der Waals surface area (Å²) in [5.74, 6) is 0.361. The van der Waals surface area contributed by atoms with E-state index in [9.17, 15) is 41.4 Å². The van der Waals surface area contributed by atoms with E-state index >= 15 is 0 Å². The van der Waals surface area contributed by atoms with Gasteiger partial charge < -0.3 is 14.9 Å². The van der Waals surface area contributed by atoms with Crippen LogP contribution in [0.4, 0.5) is 26.3 Å². The third-order valence-electron chi connectivity index (χ3n) is 6.97. The van der Waals surface area contributed by atoms with Crippen molar-refractivity contribution < 1.29 is 41.3 Å². The van der Waals surface area contributed by atoms with Gasteiger partial charge in [0.15, 0.2) is 5.82 Å².